The minimum atomic E-state index is -0.964. The molecule has 5 nitrogen and oxygen atoms in total. The predicted molar refractivity (Wildman–Crippen MR) is 75.3 cm³/mol. The Labute approximate surface area is 119 Å². The number of hydrogen-bond acceptors (Lipinski definition) is 4. The fourth-order valence-corrected chi connectivity index (χ4v) is 2.33. The monoisotopic (exact) mass is 279 g/mol. The van der Waals surface area contributed by atoms with Gasteiger partial charge in [-0.25, -0.2) is 4.79 Å². The van der Waals surface area contributed by atoms with E-state index in [1.807, 2.05) is 0 Å². The van der Waals surface area contributed by atoms with Gasteiger partial charge in [0.05, 0.1) is 12.7 Å². The van der Waals surface area contributed by atoms with Crippen LogP contribution in [0.15, 0.2) is 24.3 Å². The number of carboxylic acids is 1. The Morgan fingerprint density at radius 2 is 2.20 bits per heavy atom. The van der Waals surface area contributed by atoms with Crippen molar-refractivity contribution < 1.29 is 19.4 Å². The first-order chi connectivity index (χ1) is 9.58. The third-order valence-corrected chi connectivity index (χ3v) is 3.49. The van der Waals surface area contributed by atoms with Crippen LogP contribution in [0.2, 0.25) is 0 Å². The molecule has 2 rings (SSSR count). The summed E-state index contributed by atoms with van der Waals surface area (Å²) in [7, 11) is 0. The van der Waals surface area contributed by atoms with E-state index >= 15 is 0 Å². The van der Waals surface area contributed by atoms with E-state index in [0.29, 0.717) is 18.4 Å². The van der Waals surface area contributed by atoms with Crippen molar-refractivity contribution in [2.75, 3.05) is 26.3 Å². The third-order valence-electron chi connectivity index (χ3n) is 3.49. The van der Waals surface area contributed by atoms with E-state index in [1.165, 1.54) is 0 Å². The van der Waals surface area contributed by atoms with Crippen LogP contribution < -0.4 is 4.74 Å². The second-order valence-electron chi connectivity index (χ2n) is 5.14. The molecule has 0 radical (unpaired) electrons. The molecule has 1 N–H and O–H groups in total. The van der Waals surface area contributed by atoms with Gasteiger partial charge in [-0.15, -0.1) is 0 Å². The molecular formula is C15H21NO4. The van der Waals surface area contributed by atoms with Crippen molar-refractivity contribution in [1.29, 1.82) is 0 Å². The fraction of sp³-hybridized carbons (Fsp3) is 0.533. The molecule has 20 heavy (non-hydrogen) atoms. The Hall–Kier alpha value is -1.59. The van der Waals surface area contributed by atoms with Crippen LogP contribution >= 0.6 is 0 Å². The van der Waals surface area contributed by atoms with Crippen LogP contribution in [0.25, 0.3) is 0 Å². The maximum Gasteiger partial charge on any atom is 0.339 e. The van der Waals surface area contributed by atoms with Gasteiger partial charge < -0.3 is 14.6 Å². The maximum absolute atomic E-state index is 11.1. The first-order valence-electron chi connectivity index (χ1n) is 6.88. The molecule has 0 spiro atoms. The highest BCUT2D eigenvalue weighted by Gasteiger charge is 2.23. The molecule has 1 saturated heterocycles. The number of hydrogen-bond donors (Lipinski definition) is 1. The van der Waals surface area contributed by atoms with E-state index in [-0.39, 0.29) is 11.7 Å². The summed E-state index contributed by atoms with van der Waals surface area (Å²) in [4.78, 5) is 13.4. The van der Waals surface area contributed by atoms with Gasteiger partial charge in [-0.05, 0) is 26.0 Å². The number of para-hydroxylation sites is 1. The van der Waals surface area contributed by atoms with E-state index in [2.05, 4.69) is 18.7 Å². The lowest BCUT2D eigenvalue weighted by atomic mass is 10.2. The van der Waals surface area contributed by atoms with Crippen LogP contribution in [-0.2, 0) is 4.74 Å². The minimum absolute atomic E-state index is 0.205. The van der Waals surface area contributed by atoms with Crippen LogP contribution in [0.4, 0.5) is 0 Å². The van der Waals surface area contributed by atoms with Gasteiger partial charge >= 0.3 is 5.97 Å². The average molecular weight is 279 g/mol. The molecule has 110 valence electrons. The highest BCUT2D eigenvalue weighted by molar-refractivity contribution is 5.90. The van der Waals surface area contributed by atoms with Gasteiger partial charge in [0.15, 0.2) is 0 Å². The van der Waals surface area contributed by atoms with Crippen molar-refractivity contribution in [1.82, 2.24) is 4.90 Å². The molecule has 0 amide bonds. The van der Waals surface area contributed by atoms with Crippen molar-refractivity contribution in [2.24, 2.45) is 0 Å². The molecule has 5 heteroatoms. The Balaban J connectivity index is 1.88. The summed E-state index contributed by atoms with van der Waals surface area (Å²) in [6.07, 6.45) is 0.234. The molecule has 0 aliphatic carbocycles. The number of carbonyl (C=O) groups is 1. The molecule has 1 aromatic carbocycles. The first kappa shape index (κ1) is 14.8. The lowest BCUT2D eigenvalue weighted by Gasteiger charge is -2.36. The molecule has 1 fully saturated rings. The van der Waals surface area contributed by atoms with Gasteiger partial charge in [-0.2, -0.15) is 0 Å². The summed E-state index contributed by atoms with van der Waals surface area (Å²) in [5, 5.41) is 9.08. The number of morpholine rings is 1. The number of nitrogens with zero attached hydrogens (tertiary/aromatic N) is 1. The molecule has 0 bridgehead atoms. The summed E-state index contributed by atoms with van der Waals surface area (Å²) in [5.74, 6) is -0.539. The Morgan fingerprint density at radius 1 is 1.45 bits per heavy atom. The fourth-order valence-electron chi connectivity index (χ4n) is 2.33. The van der Waals surface area contributed by atoms with Crippen molar-refractivity contribution in [3.05, 3.63) is 29.8 Å². The number of aromatic carboxylic acids is 1. The van der Waals surface area contributed by atoms with Crippen molar-refractivity contribution in [3.8, 4) is 5.75 Å². The molecule has 1 aliphatic rings. The zero-order valence-corrected chi connectivity index (χ0v) is 11.9. The molecule has 1 aliphatic heterocycles. The zero-order valence-electron chi connectivity index (χ0n) is 11.9. The number of carboxylic acid groups (broad SMARTS) is 1. The van der Waals surface area contributed by atoms with Gasteiger partial charge in [0.2, 0.25) is 0 Å². The van der Waals surface area contributed by atoms with Gasteiger partial charge in [0, 0.05) is 19.1 Å². The Kier molecular flexibility index (Phi) is 4.98. The van der Waals surface area contributed by atoms with Crippen LogP contribution in [0, 0.1) is 0 Å². The lowest BCUT2D eigenvalue weighted by molar-refractivity contribution is -0.0522. The molecule has 0 aromatic heterocycles. The largest absolute Gasteiger partial charge is 0.491 e. The smallest absolute Gasteiger partial charge is 0.339 e. The lowest BCUT2D eigenvalue weighted by Crippen LogP contribution is -2.48. The number of benzene rings is 1. The van der Waals surface area contributed by atoms with E-state index < -0.39 is 5.97 Å². The van der Waals surface area contributed by atoms with E-state index in [1.54, 1.807) is 24.3 Å². The second-order valence-corrected chi connectivity index (χ2v) is 5.14. The van der Waals surface area contributed by atoms with Crippen molar-refractivity contribution >= 4 is 5.97 Å². The summed E-state index contributed by atoms with van der Waals surface area (Å²) in [6, 6.07) is 7.08. The highest BCUT2D eigenvalue weighted by Crippen LogP contribution is 2.18. The third kappa shape index (κ3) is 3.71. The second kappa shape index (κ2) is 6.72. The van der Waals surface area contributed by atoms with Gasteiger partial charge in [-0.3, -0.25) is 4.90 Å². The zero-order chi connectivity index (χ0) is 14.5. The molecule has 0 unspecified atom stereocenters. The van der Waals surface area contributed by atoms with Gasteiger partial charge in [0.1, 0.15) is 17.9 Å². The molecule has 1 heterocycles. The SMILES string of the molecule is C[C@@H]1CN(CCOc2ccccc2C(=O)O)[C@@H](C)CO1. The maximum atomic E-state index is 11.1. The first-order valence-corrected chi connectivity index (χ1v) is 6.88. The van der Waals surface area contributed by atoms with Gasteiger partial charge in [0.25, 0.3) is 0 Å². The predicted octanol–water partition coefficient (Wildman–Crippen LogP) is 1.87. The van der Waals surface area contributed by atoms with Crippen molar-refractivity contribution in [2.45, 2.75) is 26.0 Å². The van der Waals surface area contributed by atoms with Crippen LogP contribution in [0.1, 0.15) is 24.2 Å². The highest BCUT2D eigenvalue weighted by atomic mass is 16.5. The Morgan fingerprint density at radius 3 is 2.95 bits per heavy atom. The normalized spacial score (nSPS) is 23.5. The van der Waals surface area contributed by atoms with E-state index in [4.69, 9.17) is 14.6 Å². The molecule has 2 atom stereocenters. The summed E-state index contributed by atoms with van der Waals surface area (Å²) in [6.45, 7) is 7.03. The number of rotatable bonds is 5. The quantitative estimate of drug-likeness (QED) is 0.891. The summed E-state index contributed by atoms with van der Waals surface area (Å²) >= 11 is 0. The Bertz CT molecular complexity index is 463. The van der Waals surface area contributed by atoms with Crippen molar-refractivity contribution in [3.63, 3.8) is 0 Å². The van der Waals surface area contributed by atoms with Crippen LogP contribution in [0.3, 0.4) is 0 Å². The average Bonchev–Trinajstić information content (AvgIpc) is 2.43. The van der Waals surface area contributed by atoms with Gasteiger partial charge in [-0.1, -0.05) is 12.1 Å². The molecule has 0 saturated carbocycles. The summed E-state index contributed by atoms with van der Waals surface area (Å²) < 4.78 is 11.2. The standard InChI is InChI=1S/C15H21NO4/c1-11-10-20-12(2)9-16(11)7-8-19-14-6-4-3-5-13(14)15(17)18/h3-6,11-12H,7-10H2,1-2H3,(H,17,18)/t11-,12+/m0/s1. The van der Waals surface area contributed by atoms with Crippen LogP contribution in [-0.4, -0.2) is 54.4 Å². The number of ether oxygens (including phenoxy) is 2. The molecular weight excluding hydrogens is 258 g/mol. The van der Waals surface area contributed by atoms with E-state index in [9.17, 15) is 4.79 Å². The minimum Gasteiger partial charge on any atom is -0.491 e. The van der Waals surface area contributed by atoms with E-state index in [0.717, 1.165) is 19.7 Å². The summed E-state index contributed by atoms with van der Waals surface area (Å²) in [5.41, 5.74) is 0.205. The van der Waals surface area contributed by atoms with Crippen LogP contribution in [0.5, 0.6) is 5.75 Å². The molecule has 1 aromatic rings. The topological polar surface area (TPSA) is 59.0 Å².